The van der Waals surface area contributed by atoms with E-state index in [2.05, 4.69) is 267 Å². The average Bonchev–Trinajstić information content (AvgIpc) is 3.83. The summed E-state index contributed by atoms with van der Waals surface area (Å²) in [6, 6.07) is 94.1. The summed E-state index contributed by atoms with van der Waals surface area (Å²) < 4.78 is 0. The van der Waals surface area contributed by atoms with Crippen LogP contribution in [0.3, 0.4) is 0 Å². The third-order valence-corrected chi connectivity index (χ3v) is 14.0. The topological polar surface area (TPSA) is 3.24 Å². The first kappa shape index (κ1) is 37.7. The van der Waals surface area contributed by atoms with E-state index in [0.29, 0.717) is 0 Å². The average molecular weight is 816 g/mol. The number of hydrogen-bond acceptors (Lipinski definition) is 1. The summed E-state index contributed by atoms with van der Waals surface area (Å²) in [5.74, 6) is 0. The molecule has 0 saturated carbocycles. The molecule has 0 aromatic heterocycles. The van der Waals surface area contributed by atoms with Crippen LogP contribution < -0.4 is 4.90 Å². The van der Waals surface area contributed by atoms with Crippen LogP contribution in [0.1, 0.15) is 45.9 Å². The van der Waals surface area contributed by atoms with E-state index in [0.717, 1.165) is 17.1 Å². The maximum Gasteiger partial charge on any atom is 0.0713 e. The number of rotatable bonds is 8. The highest BCUT2D eigenvalue weighted by Gasteiger charge is 2.47. The largest absolute Gasteiger partial charge is 0.310 e. The van der Waals surface area contributed by atoms with Crippen LogP contribution in [0.25, 0.3) is 44.5 Å². The number of anilines is 3. The van der Waals surface area contributed by atoms with Crippen LogP contribution in [0.4, 0.5) is 17.1 Å². The van der Waals surface area contributed by atoms with Crippen LogP contribution in [0.2, 0.25) is 0 Å². The standard InChI is InChI=1S/C63H45N/c1-62(48-24-8-3-9-25-48)56-32-16-15-31-54(56)61-59(62)34-19-35-60(61)64(51-38-36-45(37-39-51)47-23-18-22-46(42-47)44-20-6-2-7-21-44)52-40-41-58-55(43-52)53-30-14-17-33-57(53)63(58,49-26-10-4-11-27-49)50-28-12-5-13-29-50/h2-43H,1H3. The molecule has 0 radical (unpaired) electrons. The molecule has 0 amide bonds. The normalized spacial score (nSPS) is 15.1. The maximum absolute atomic E-state index is 2.50. The van der Waals surface area contributed by atoms with E-state index in [1.807, 2.05) is 0 Å². The van der Waals surface area contributed by atoms with Gasteiger partial charge in [0.25, 0.3) is 0 Å². The van der Waals surface area contributed by atoms with Crippen molar-refractivity contribution < 1.29 is 0 Å². The second-order valence-corrected chi connectivity index (χ2v) is 17.3. The molecule has 1 atom stereocenters. The van der Waals surface area contributed by atoms with Gasteiger partial charge in [0.15, 0.2) is 0 Å². The summed E-state index contributed by atoms with van der Waals surface area (Å²) in [7, 11) is 0. The first-order valence-corrected chi connectivity index (χ1v) is 22.3. The number of hydrogen-bond donors (Lipinski definition) is 0. The molecule has 0 N–H and O–H groups in total. The predicted octanol–water partition coefficient (Wildman–Crippen LogP) is 16.2. The maximum atomic E-state index is 2.50. The zero-order valence-corrected chi connectivity index (χ0v) is 35.7. The summed E-state index contributed by atoms with van der Waals surface area (Å²) in [5, 5.41) is 0. The molecule has 12 rings (SSSR count). The lowest BCUT2D eigenvalue weighted by Gasteiger charge is -2.34. The second kappa shape index (κ2) is 15.1. The predicted molar refractivity (Wildman–Crippen MR) is 267 cm³/mol. The minimum Gasteiger partial charge on any atom is -0.310 e. The Bertz CT molecular complexity index is 3280. The molecule has 1 heteroatoms. The van der Waals surface area contributed by atoms with Crippen molar-refractivity contribution in [2.45, 2.75) is 17.8 Å². The first-order chi connectivity index (χ1) is 31.6. The molecule has 0 spiro atoms. The molecule has 64 heavy (non-hydrogen) atoms. The van der Waals surface area contributed by atoms with Gasteiger partial charge in [-0.25, -0.2) is 0 Å². The van der Waals surface area contributed by atoms with Crippen molar-refractivity contribution in [1.29, 1.82) is 0 Å². The van der Waals surface area contributed by atoms with E-state index >= 15 is 0 Å². The van der Waals surface area contributed by atoms with Crippen molar-refractivity contribution >= 4 is 17.1 Å². The van der Waals surface area contributed by atoms with Crippen molar-refractivity contribution in [3.63, 3.8) is 0 Å². The van der Waals surface area contributed by atoms with Gasteiger partial charge in [0, 0.05) is 22.4 Å². The molecule has 10 aromatic rings. The van der Waals surface area contributed by atoms with Crippen molar-refractivity contribution in [1.82, 2.24) is 0 Å². The second-order valence-electron chi connectivity index (χ2n) is 17.3. The van der Waals surface area contributed by atoms with Gasteiger partial charge in [0.1, 0.15) is 0 Å². The Morgan fingerprint density at radius 2 is 0.766 bits per heavy atom. The van der Waals surface area contributed by atoms with Gasteiger partial charge < -0.3 is 4.90 Å². The van der Waals surface area contributed by atoms with E-state index in [4.69, 9.17) is 0 Å². The van der Waals surface area contributed by atoms with Crippen LogP contribution >= 0.6 is 0 Å². The van der Waals surface area contributed by atoms with E-state index in [-0.39, 0.29) is 5.41 Å². The van der Waals surface area contributed by atoms with Crippen LogP contribution in [0, 0.1) is 0 Å². The Kier molecular flexibility index (Phi) is 8.91. The minimum absolute atomic E-state index is 0.329. The number of fused-ring (bicyclic) bond motifs is 6. The van der Waals surface area contributed by atoms with Gasteiger partial charge in [-0.15, -0.1) is 0 Å². The highest BCUT2D eigenvalue weighted by atomic mass is 15.1. The fourth-order valence-electron chi connectivity index (χ4n) is 11.1. The molecule has 302 valence electrons. The summed E-state index contributed by atoms with van der Waals surface area (Å²) in [6.45, 7) is 2.40. The lowest BCUT2D eigenvalue weighted by Crippen LogP contribution is -2.28. The summed E-state index contributed by atoms with van der Waals surface area (Å²) in [4.78, 5) is 2.50. The molecule has 0 aliphatic heterocycles. The summed E-state index contributed by atoms with van der Waals surface area (Å²) in [6.07, 6.45) is 0. The van der Waals surface area contributed by atoms with E-state index in [1.165, 1.54) is 83.5 Å². The smallest absolute Gasteiger partial charge is 0.0713 e. The van der Waals surface area contributed by atoms with Gasteiger partial charge in [-0.05, 0) is 121 Å². The Morgan fingerprint density at radius 3 is 1.42 bits per heavy atom. The lowest BCUT2D eigenvalue weighted by atomic mass is 9.68. The molecular weight excluding hydrogens is 771 g/mol. The van der Waals surface area contributed by atoms with Gasteiger partial charge in [0.05, 0.1) is 11.1 Å². The van der Waals surface area contributed by atoms with Crippen molar-refractivity contribution in [2.75, 3.05) is 4.90 Å². The van der Waals surface area contributed by atoms with E-state index < -0.39 is 5.41 Å². The molecule has 1 unspecified atom stereocenters. The van der Waals surface area contributed by atoms with Gasteiger partial charge in [-0.1, -0.05) is 218 Å². The summed E-state index contributed by atoms with van der Waals surface area (Å²) in [5.41, 5.74) is 21.5. The third kappa shape index (κ3) is 5.71. The van der Waals surface area contributed by atoms with Gasteiger partial charge in [0.2, 0.25) is 0 Å². The molecule has 1 nitrogen and oxygen atoms in total. The number of benzene rings is 10. The zero-order valence-electron chi connectivity index (χ0n) is 35.7. The molecule has 0 saturated heterocycles. The highest BCUT2D eigenvalue weighted by Crippen LogP contribution is 2.59. The van der Waals surface area contributed by atoms with Crippen molar-refractivity contribution in [2.24, 2.45) is 0 Å². The first-order valence-electron chi connectivity index (χ1n) is 22.3. The van der Waals surface area contributed by atoms with Gasteiger partial charge in [-0.2, -0.15) is 0 Å². The van der Waals surface area contributed by atoms with Gasteiger partial charge in [-0.3, -0.25) is 0 Å². The molecule has 10 aromatic carbocycles. The summed E-state index contributed by atoms with van der Waals surface area (Å²) >= 11 is 0. The molecule has 0 heterocycles. The monoisotopic (exact) mass is 815 g/mol. The molecule has 2 aliphatic rings. The SMILES string of the molecule is CC1(c2ccccc2)c2ccccc2-c2c(N(c3ccc(-c4cccc(-c5ccccc5)c4)cc3)c3ccc4c(c3)-c3ccccc3C4(c3ccccc3)c3ccccc3)cccc21. The molecule has 2 aliphatic carbocycles. The molecular formula is C63H45N. The molecule has 0 bridgehead atoms. The van der Waals surface area contributed by atoms with Crippen molar-refractivity contribution in [3.8, 4) is 44.5 Å². The fraction of sp³-hybridized carbons (Fsp3) is 0.0476. The number of nitrogens with zero attached hydrogens (tertiary/aromatic N) is 1. The zero-order chi connectivity index (χ0) is 42.7. The van der Waals surface area contributed by atoms with Crippen molar-refractivity contribution in [3.05, 3.63) is 294 Å². The Balaban J connectivity index is 1.08. The van der Waals surface area contributed by atoms with Crippen LogP contribution in [0.15, 0.2) is 255 Å². The van der Waals surface area contributed by atoms with Crippen LogP contribution in [-0.4, -0.2) is 0 Å². The Morgan fingerprint density at radius 1 is 0.297 bits per heavy atom. The Hall–Kier alpha value is -8.00. The van der Waals surface area contributed by atoms with E-state index in [1.54, 1.807) is 0 Å². The van der Waals surface area contributed by atoms with Gasteiger partial charge >= 0.3 is 0 Å². The van der Waals surface area contributed by atoms with Crippen LogP contribution in [0.5, 0.6) is 0 Å². The quantitative estimate of drug-likeness (QED) is 0.148. The Labute approximate surface area is 376 Å². The fourth-order valence-corrected chi connectivity index (χ4v) is 11.1. The lowest BCUT2D eigenvalue weighted by molar-refractivity contribution is 0.714. The van der Waals surface area contributed by atoms with E-state index in [9.17, 15) is 0 Å². The van der Waals surface area contributed by atoms with Crippen LogP contribution in [-0.2, 0) is 10.8 Å². The molecule has 0 fully saturated rings. The third-order valence-electron chi connectivity index (χ3n) is 14.0. The minimum atomic E-state index is -0.474. The highest BCUT2D eigenvalue weighted by molar-refractivity contribution is 5.98.